The van der Waals surface area contributed by atoms with Gasteiger partial charge in [-0.05, 0) is 50.1 Å². The van der Waals surface area contributed by atoms with E-state index in [1.165, 1.54) is 18.3 Å². The van der Waals surface area contributed by atoms with Gasteiger partial charge in [0.15, 0.2) is 0 Å². The molecule has 1 aromatic heterocycles. The molecule has 3 aromatic rings. The van der Waals surface area contributed by atoms with E-state index in [0.717, 1.165) is 22.4 Å². The van der Waals surface area contributed by atoms with Crippen LogP contribution in [0.15, 0.2) is 48.7 Å². The Labute approximate surface area is 151 Å². The first-order chi connectivity index (χ1) is 12.4. The van der Waals surface area contributed by atoms with Crippen LogP contribution in [0.1, 0.15) is 27.2 Å². The second-order valence-electron chi connectivity index (χ2n) is 6.10. The zero-order chi connectivity index (χ0) is 18.7. The van der Waals surface area contributed by atoms with Crippen molar-refractivity contribution in [3.05, 3.63) is 76.9 Å². The van der Waals surface area contributed by atoms with Crippen molar-refractivity contribution in [2.75, 3.05) is 10.6 Å². The molecule has 0 aliphatic rings. The fourth-order valence-corrected chi connectivity index (χ4v) is 2.78. The minimum absolute atomic E-state index is 0.153. The molecule has 0 saturated heterocycles. The first-order valence-corrected chi connectivity index (χ1v) is 8.18. The second kappa shape index (κ2) is 7.31. The predicted molar refractivity (Wildman–Crippen MR) is 100 cm³/mol. The lowest BCUT2D eigenvalue weighted by Crippen LogP contribution is -2.16. The number of aryl methyl sites for hydroxylation is 3. The van der Waals surface area contributed by atoms with Crippen LogP contribution in [0, 0.1) is 26.6 Å². The molecule has 0 fully saturated rings. The molecule has 2 aromatic carbocycles. The molecule has 0 spiro atoms. The number of amides is 1. The molecule has 3 rings (SSSR count). The van der Waals surface area contributed by atoms with Crippen molar-refractivity contribution in [1.82, 2.24) is 9.97 Å². The van der Waals surface area contributed by atoms with E-state index in [2.05, 4.69) is 20.6 Å². The summed E-state index contributed by atoms with van der Waals surface area (Å²) in [6, 6.07) is 11.7. The Bertz CT molecular complexity index is 949. The van der Waals surface area contributed by atoms with Gasteiger partial charge in [-0.3, -0.25) is 4.79 Å². The van der Waals surface area contributed by atoms with E-state index in [1.54, 1.807) is 18.2 Å². The highest BCUT2D eigenvalue weighted by Gasteiger charge is 2.13. The van der Waals surface area contributed by atoms with Crippen LogP contribution >= 0.6 is 0 Å². The smallest absolute Gasteiger partial charge is 0.274 e. The van der Waals surface area contributed by atoms with Crippen LogP contribution in [-0.2, 0) is 0 Å². The van der Waals surface area contributed by atoms with E-state index in [1.807, 2.05) is 32.9 Å². The van der Waals surface area contributed by atoms with Crippen LogP contribution in [0.3, 0.4) is 0 Å². The topological polar surface area (TPSA) is 66.9 Å². The van der Waals surface area contributed by atoms with Gasteiger partial charge in [-0.1, -0.05) is 29.8 Å². The summed E-state index contributed by atoms with van der Waals surface area (Å²) in [7, 11) is 0. The van der Waals surface area contributed by atoms with E-state index >= 15 is 0 Å². The molecule has 0 unspecified atom stereocenters. The predicted octanol–water partition coefficient (Wildman–Crippen LogP) is 4.54. The SMILES string of the molecule is Cc1cc(C)c(NC(=O)c2ccnc(Nc3ccccc3F)n2)c(C)c1. The first kappa shape index (κ1) is 17.5. The van der Waals surface area contributed by atoms with Gasteiger partial charge in [-0.25, -0.2) is 14.4 Å². The number of hydrogen-bond acceptors (Lipinski definition) is 4. The lowest BCUT2D eigenvalue weighted by Gasteiger charge is -2.13. The lowest BCUT2D eigenvalue weighted by molar-refractivity contribution is 0.102. The number of benzene rings is 2. The second-order valence-corrected chi connectivity index (χ2v) is 6.10. The van der Waals surface area contributed by atoms with Crippen molar-refractivity contribution in [1.29, 1.82) is 0 Å². The van der Waals surface area contributed by atoms with Crippen LogP contribution in [0.25, 0.3) is 0 Å². The van der Waals surface area contributed by atoms with Crippen LogP contribution in [0.4, 0.5) is 21.7 Å². The van der Waals surface area contributed by atoms with Crippen molar-refractivity contribution in [3.63, 3.8) is 0 Å². The van der Waals surface area contributed by atoms with Crippen molar-refractivity contribution in [2.24, 2.45) is 0 Å². The van der Waals surface area contributed by atoms with E-state index in [0.29, 0.717) is 0 Å². The number of nitrogens with one attached hydrogen (secondary N) is 2. The number of nitrogens with zero attached hydrogens (tertiary/aromatic N) is 2. The molecule has 132 valence electrons. The van der Waals surface area contributed by atoms with E-state index in [-0.39, 0.29) is 23.2 Å². The van der Waals surface area contributed by atoms with Gasteiger partial charge in [0.2, 0.25) is 5.95 Å². The van der Waals surface area contributed by atoms with Crippen molar-refractivity contribution < 1.29 is 9.18 Å². The minimum Gasteiger partial charge on any atom is -0.322 e. The summed E-state index contributed by atoms with van der Waals surface area (Å²) in [6.45, 7) is 5.90. The Hall–Kier alpha value is -3.28. The molecular weight excluding hydrogens is 331 g/mol. The molecule has 1 heterocycles. The largest absolute Gasteiger partial charge is 0.322 e. The number of hydrogen-bond donors (Lipinski definition) is 2. The molecule has 0 radical (unpaired) electrons. The zero-order valence-electron chi connectivity index (χ0n) is 14.8. The Morgan fingerprint density at radius 3 is 2.42 bits per heavy atom. The van der Waals surface area contributed by atoms with Crippen molar-refractivity contribution >= 4 is 23.2 Å². The normalized spacial score (nSPS) is 10.5. The molecule has 26 heavy (non-hydrogen) atoms. The summed E-state index contributed by atoms with van der Waals surface area (Å²) in [5.41, 5.74) is 4.30. The number of halogens is 1. The summed E-state index contributed by atoms with van der Waals surface area (Å²) in [6.07, 6.45) is 1.46. The number of anilines is 3. The van der Waals surface area contributed by atoms with E-state index in [9.17, 15) is 9.18 Å². The summed E-state index contributed by atoms with van der Waals surface area (Å²) in [5.74, 6) is -0.615. The van der Waals surface area contributed by atoms with Gasteiger partial charge in [0.1, 0.15) is 11.5 Å². The lowest BCUT2D eigenvalue weighted by atomic mass is 10.1. The van der Waals surface area contributed by atoms with Gasteiger partial charge >= 0.3 is 0 Å². The number of carbonyl (C=O) groups excluding carboxylic acids is 1. The van der Waals surface area contributed by atoms with Crippen molar-refractivity contribution in [2.45, 2.75) is 20.8 Å². The molecule has 6 heteroatoms. The molecule has 0 atom stereocenters. The monoisotopic (exact) mass is 350 g/mol. The molecule has 0 saturated carbocycles. The molecule has 0 bridgehead atoms. The van der Waals surface area contributed by atoms with Gasteiger partial charge in [-0.15, -0.1) is 0 Å². The minimum atomic E-state index is -0.420. The quantitative estimate of drug-likeness (QED) is 0.725. The summed E-state index contributed by atoms with van der Waals surface area (Å²) in [4.78, 5) is 20.8. The van der Waals surface area contributed by atoms with Crippen LogP contribution < -0.4 is 10.6 Å². The molecule has 2 N–H and O–H groups in total. The molecular formula is C20H19FN4O. The van der Waals surface area contributed by atoms with E-state index in [4.69, 9.17) is 0 Å². The average molecular weight is 350 g/mol. The highest BCUT2D eigenvalue weighted by atomic mass is 19.1. The molecule has 0 aliphatic heterocycles. The first-order valence-electron chi connectivity index (χ1n) is 8.18. The zero-order valence-corrected chi connectivity index (χ0v) is 14.8. The van der Waals surface area contributed by atoms with Gasteiger partial charge in [0.05, 0.1) is 5.69 Å². The fourth-order valence-electron chi connectivity index (χ4n) is 2.78. The Morgan fingerprint density at radius 1 is 1.04 bits per heavy atom. The maximum atomic E-state index is 13.7. The maximum absolute atomic E-state index is 13.7. The molecule has 0 aliphatic carbocycles. The summed E-state index contributed by atoms with van der Waals surface area (Å²) < 4.78 is 13.7. The van der Waals surface area contributed by atoms with Gasteiger partial charge < -0.3 is 10.6 Å². The third-order valence-corrected chi connectivity index (χ3v) is 3.92. The van der Waals surface area contributed by atoms with Gasteiger partial charge in [-0.2, -0.15) is 0 Å². The fraction of sp³-hybridized carbons (Fsp3) is 0.150. The van der Waals surface area contributed by atoms with Crippen LogP contribution in [0.5, 0.6) is 0 Å². The number of para-hydroxylation sites is 1. The summed E-state index contributed by atoms with van der Waals surface area (Å²) in [5, 5.41) is 5.68. The third kappa shape index (κ3) is 3.85. The Morgan fingerprint density at radius 2 is 1.73 bits per heavy atom. The number of aromatic nitrogens is 2. The Balaban J connectivity index is 1.82. The maximum Gasteiger partial charge on any atom is 0.274 e. The van der Waals surface area contributed by atoms with Crippen LogP contribution in [0.2, 0.25) is 0 Å². The van der Waals surface area contributed by atoms with Gasteiger partial charge in [0, 0.05) is 11.9 Å². The number of carbonyl (C=O) groups is 1. The average Bonchev–Trinajstić information content (AvgIpc) is 2.60. The highest BCUT2D eigenvalue weighted by molar-refractivity contribution is 6.03. The molecule has 1 amide bonds. The van der Waals surface area contributed by atoms with Crippen LogP contribution in [-0.4, -0.2) is 15.9 Å². The Kier molecular flexibility index (Phi) is 4.93. The van der Waals surface area contributed by atoms with Crippen molar-refractivity contribution in [3.8, 4) is 0 Å². The third-order valence-electron chi connectivity index (χ3n) is 3.92. The van der Waals surface area contributed by atoms with Gasteiger partial charge in [0.25, 0.3) is 5.91 Å². The van der Waals surface area contributed by atoms with E-state index < -0.39 is 5.82 Å². The number of rotatable bonds is 4. The molecule has 5 nitrogen and oxygen atoms in total. The standard InChI is InChI=1S/C20H19FN4O/c1-12-10-13(2)18(14(3)11-12)25-19(26)17-8-9-22-20(24-17)23-16-7-5-4-6-15(16)21/h4-11H,1-3H3,(H,25,26)(H,22,23,24). The summed E-state index contributed by atoms with van der Waals surface area (Å²) >= 11 is 0. The highest BCUT2D eigenvalue weighted by Crippen LogP contribution is 2.23.